The molecule has 0 saturated heterocycles. The van der Waals surface area contributed by atoms with Gasteiger partial charge in [-0.25, -0.2) is 0 Å². The van der Waals surface area contributed by atoms with E-state index in [1.165, 1.54) is 10.8 Å². The summed E-state index contributed by atoms with van der Waals surface area (Å²) in [5, 5.41) is 5.32. The minimum Gasteiger partial charge on any atom is -0.497 e. The van der Waals surface area contributed by atoms with Crippen molar-refractivity contribution >= 4 is 16.7 Å². The lowest BCUT2D eigenvalue weighted by Crippen LogP contribution is -2.37. The predicted molar refractivity (Wildman–Crippen MR) is 103 cm³/mol. The summed E-state index contributed by atoms with van der Waals surface area (Å²) in [6.45, 7) is 2.40. The van der Waals surface area contributed by atoms with Crippen LogP contribution in [0.5, 0.6) is 11.5 Å². The summed E-state index contributed by atoms with van der Waals surface area (Å²) in [5.74, 6) is 1.20. The molecular weight excluding hydrogens is 326 g/mol. The highest BCUT2D eigenvalue weighted by atomic mass is 16.5. The van der Waals surface area contributed by atoms with E-state index in [1.54, 1.807) is 13.2 Å². The molecule has 0 aliphatic rings. The number of amides is 1. The quantitative estimate of drug-likeness (QED) is 0.691. The second-order valence-corrected chi connectivity index (χ2v) is 6.09. The van der Waals surface area contributed by atoms with Crippen molar-refractivity contribution in [2.45, 2.75) is 26.0 Å². The van der Waals surface area contributed by atoms with Crippen molar-refractivity contribution in [2.75, 3.05) is 7.11 Å². The van der Waals surface area contributed by atoms with Gasteiger partial charge in [-0.05, 0) is 41.0 Å². The fraction of sp³-hybridized carbons (Fsp3) is 0.227. The lowest BCUT2D eigenvalue weighted by molar-refractivity contribution is -0.128. The zero-order chi connectivity index (χ0) is 18.4. The average molecular weight is 349 g/mol. The summed E-state index contributed by atoms with van der Waals surface area (Å²) in [4.78, 5) is 12.5. The van der Waals surface area contributed by atoms with Crippen LogP contribution >= 0.6 is 0 Å². The zero-order valence-corrected chi connectivity index (χ0v) is 15.1. The smallest absolute Gasteiger partial charge is 0.261 e. The van der Waals surface area contributed by atoms with Crippen molar-refractivity contribution in [2.24, 2.45) is 0 Å². The molecule has 26 heavy (non-hydrogen) atoms. The van der Waals surface area contributed by atoms with Crippen LogP contribution in [0.4, 0.5) is 0 Å². The first kappa shape index (κ1) is 17.8. The Morgan fingerprint density at radius 1 is 0.962 bits per heavy atom. The minimum absolute atomic E-state index is 0.122. The van der Waals surface area contributed by atoms with Crippen molar-refractivity contribution in [1.82, 2.24) is 5.32 Å². The van der Waals surface area contributed by atoms with Gasteiger partial charge < -0.3 is 14.8 Å². The van der Waals surface area contributed by atoms with Crippen LogP contribution in [0, 0.1) is 0 Å². The van der Waals surface area contributed by atoms with Crippen LogP contribution in [-0.4, -0.2) is 19.1 Å². The van der Waals surface area contributed by atoms with E-state index in [2.05, 4.69) is 29.6 Å². The molecule has 0 heterocycles. The van der Waals surface area contributed by atoms with Crippen molar-refractivity contribution in [3.05, 3.63) is 72.3 Å². The van der Waals surface area contributed by atoms with Gasteiger partial charge in [-0.15, -0.1) is 0 Å². The molecule has 0 spiro atoms. The molecule has 3 aromatic carbocycles. The predicted octanol–water partition coefficient (Wildman–Crippen LogP) is 4.32. The van der Waals surface area contributed by atoms with E-state index in [1.807, 2.05) is 43.3 Å². The third-order valence-electron chi connectivity index (χ3n) is 4.26. The topological polar surface area (TPSA) is 47.6 Å². The van der Waals surface area contributed by atoms with E-state index < -0.39 is 6.10 Å². The van der Waals surface area contributed by atoms with Crippen LogP contribution in [0.2, 0.25) is 0 Å². The molecular formula is C22H23NO3. The first-order chi connectivity index (χ1) is 12.7. The Balaban J connectivity index is 1.62. The normalized spacial score (nSPS) is 11.8. The van der Waals surface area contributed by atoms with Crippen molar-refractivity contribution in [3.63, 3.8) is 0 Å². The largest absolute Gasteiger partial charge is 0.497 e. The molecule has 0 bridgehead atoms. The van der Waals surface area contributed by atoms with E-state index >= 15 is 0 Å². The molecule has 3 rings (SSSR count). The SMILES string of the molecule is CC[C@H](Oc1cccc(OC)c1)C(=O)NCc1ccc2ccccc2c1. The molecule has 134 valence electrons. The van der Waals surface area contributed by atoms with Gasteiger partial charge in [0.2, 0.25) is 0 Å². The molecule has 0 aliphatic heterocycles. The summed E-state index contributed by atoms with van der Waals surface area (Å²) in [6, 6.07) is 21.7. The van der Waals surface area contributed by atoms with Gasteiger partial charge in [0, 0.05) is 12.6 Å². The van der Waals surface area contributed by atoms with Gasteiger partial charge in [0.25, 0.3) is 5.91 Å². The highest BCUT2D eigenvalue weighted by Gasteiger charge is 2.18. The number of rotatable bonds is 7. The summed E-state index contributed by atoms with van der Waals surface area (Å²) in [7, 11) is 1.60. The number of hydrogen-bond acceptors (Lipinski definition) is 3. The molecule has 0 aromatic heterocycles. The van der Waals surface area contributed by atoms with Crippen LogP contribution in [0.15, 0.2) is 66.7 Å². The molecule has 0 saturated carbocycles. The lowest BCUT2D eigenvalue weighted by Gasteiger charge is -2.18. The summed E-state index contributed by atoms with van der Waals surface area (Å²) in [5.41, 5.74) is 1.06. The van der Waals surface area contributed by atoms with E-state index in [9.17, 15) is 4.79 Å². The molecule has 0 fully saturated rings. The molecule has 1 amide bonds. The maximum Gasteiger partial charge on any atom is 0.261 e. The molecule has 0 unspecified atom stereocenters. The molecule has 0 radical (unpaired) electrons. The third-order valence-corrected chi connectivity index (χ3v) is 4.26. The van der Waals surface area contributed by atoms with Crippen LogP contribution in [0.1, 0.15) is 18.9 Å². The number of fused-ring (bicyclic) bond motifs is 1. The number of benzene rings is 3. The molecule has 0 aliphatic carbocycles. The Kier molecular flexibility index (Phi) is 5.74. The Morgan fingerprint density at radius 3 is 2.50 bits per heavy atom. The zero-order valence-electron chi connectivity index (χ0n) is 15.1. The Hall–Kier alpha value is -3.01. The molecule has 1 atom stereocenters. The fourth-order valence-electron chi connectivity index (χ4n) is 2.81. The van der Waals surface area contributed by atoms with Gasteiger partial charge in [-0.3, -0.25) is 4.79 Å². The summed E-state index contributed by atoms with van der Waals surface area (Å²) in [6.07, 6.45) is 0.0448. The number of carbonyl (C=O) groups excluding carboxylic acids is 1. The van der Waals surface area contributed by atoms with Crippen molar-refractivity contribution < 1.29 is 14.3 Å². The van der Waals surface area contributed by atoms with Gasteiger partial charge in [0.1, 0.15) is 11.5 Å². The Bertz CT molecular complexity index is 891. The lowest BCUT2D eigenvalue weighted by atomic mass is 10.1. The van der Waals surface area contributed by atoms with E-state index in [0.717, 1.165) is 5.56 Å². The first-order valence-corrected chi connectivity index (χ1v) is 8.75. The van der Waals surface area contributed by atoms with Crippen LogP contribution in [0.3, 0.4) is 0 Å². The van der Waals surface area contributed by atoms with Gasteiger partial charge in [0.05, 0.1) is 7.11 Å². The van der Waals surface area contributed by atoms with Crippen molar-refractivity contribution in [1.29, 1.82) is 0 Å². The van der Waals surface area contributed by atoms with E-state index in [0.29, 0.717) is 24.5 Å². The number of hydrogen-bond donors (Lipinski definition) is 1. The van der Waals surface area contributed by atoms with Crippen molar-refractivity contribution in [3.8, 4) is 11.5 Å². The maximum absolute atomic E-state index is 12.5. The Labute approximate surface area is 153 Å². The molecule has 3 aromatic rings. The highest BCUT2D eigenvalue weighted by molar-refractivity contribution is 5.83. The molecule has 4 heteroatoms. The van der Waals surface area contributed by atoms with E-state index in [4.69, 9.17) is 9.47 Å². The second kappa shape index (κ2) is 8.39. The number of nitrogens with one attached hydrogen (secondary N) is 1. The van der Waals surface area contributed by atoms with Gasteiger partial charge in [0.15, 0.2) is 6.10 Å². The van der Waals surface area contributed by atoms with Gasteiger partial charge in [-0.2, -0.15) is 0 Å². The molecule has 4 nitrogen and oxygen atoms in total. The summed E-state index contributed by atoms with van der Waals surface area (Å²) < 4.78 is 11.0. The average Bonchev–Trinajstić information content (AvgIpc) is 2.70. The first-order valence-electron chi connectivity index (χ1n) is 8.75. The molecule has 1 N–H and O–H groups in total. The third kappa shape index (κ3) is 4.33. The fourth-order valence-corrected chi connectivity index (χ4v) is 2.81. The van der Waals surface area contributed by atoms with Crippen LogP contribution < -0.4 is 14.8 Å². The number of carbonyl (C=O) groups is 1. The monoisotopic (exact) mass is 349 g/mol. The minimum atomic E-state index is -0.539. The standard InChI is InChI=1S/C22H23NO3/c1-3-21(26-20-10-6-9-19(14-20)25-2)22(24)23-15-16-11-12-17-7-4-5-8-18(17)13-16/h4-14,21H,3,15H2,1-2H3,(H,23,24)/t21-/m0/s1. The second-order valence-electron chi connectivity index (χ2n) is 6.09. The summed E-state index contributed by atoms with van der Waals surface area (Å²) >= 11 is 0. The van der Waals surface area contributed by atoms with Crippen LogP contribution in [0.25, 0.3) is 10.8 Å². The Morgan fingerprint density at radius 2 is 1.73 bits per heavy atom. The number of ether oxygens (including phenoxy) is 2. The maximum atomic E-state index is 12.5. The van der Waals surface area contributed by atoms with Crippen LogP contribution in [-0.2, 0) is 11.3 Å². The van der Waals surface area contributed by atoms with Gasteiger partial charge >= 0.3 is 0 Å². The highest BCUT2D eigenvalue weighted by Crippen LogP contribution is 2.21. The number of methoxy groups -OCH3 is 1. The van der Waals surface area contributed by atoms with E-state index in [-0.39, 0.29) is 5.91 Å². The van der Waals surface area contributed by atoms with Gasteiger partial charge in [-0.1, -0.05) is 49.4 Å².